The zero-order valence-corrected chi connectivity index (χ0v) is 21.8. The van der Waals surface area contributed by atoms with Crippen LogP contribution in [0.15, 0.2) is 43.0 Å². The fourth-order valence-corrected chi connectivity index (χ4v) is 5.05. The molecule has 0 radical (unpaired) electrons. The van der Waals surface area contributed by atoms with E-state index in [1.54, 1.807) is 13.2 Å². The van der Waals surface area contributed by atoms with Gasteiger partial charge in [0.15, 0.2) is 0 Å². The van der Waals surface area contributed by atoms with Gasteiger partial charge in [-0.2, -0.15) is 15.2 Å². The molecule has 13 heteroatoms. The second kappa shape index (κ2) is 9.83. The number of aryl methyl sites for hydroxylation is 1. The Kier molecular flexibility index (Phi) is 6.19. The van der Waals surface area contributed by atoms with Gasteiger partial charge in [0.25, 0.3) is 11.8 Å². The SMILES string of the molecule is CNC(=O)c1cnc(NC(=O)c2cnn(C)c2)nc1Nc1cccc2c1N(C)Cc1c-2cnn1C1CCOC1. The second-order valence-electron chi connectivity index (χ2n) is 9.54. The zero-order chi connectivity index (χ0) is 27.1. The van der Waals surface area contributed by atoms with Gasteiger partial charge in [0.2, 0.25) is 5.95 Å². The van der Waals surface area contributed by atoms with Crippen molar-refractivity contribution in [3.63, 3.8) is 0 Å². The van der Waals surface area contributed by atoms with Crippen LogP contribution >= 0.6 is 0 Å². The molecule has 13 nitrogen and oxygen atoms in total. The van der Waals surface area contributed by atoms with Crippen LogP contribution in [-0.4, -0.2) is 68.7 Å². The molecule has 0 spiro atoms. The maximum absolute atomic E-state index is 12.7. The van der Waals surface area contributed by atoms with E-state index in [2.05, 4.69) is 46.7 Å². The van der Waals surface area contributed by atoms with Crippen molar-refractivity contribution in [3.8, 4) is 11.1 Å². The van der Waals surface area contributed by atoms with Gasteiger partial charge in [-0.15, -0.1) is 0 Å². The Balaban J connectivity index is 1.35. The minimum Gasteiger partial charge on any atom is -0.379 e. The molecule has 1 unspecified atom stereocenters. The van der Waals surface area contributed by atoms with Gasteiger partial charge in [0.05, 0.1) is 54.2 Å². The van der Waals surface area contributed by atoms with Crippen molar-refractivity contribution in [1.29, 1.82) is 0 Å². The molecule has 1 saturated heterocycles. The van der Waals surface area contributed by atoms with E-state index in [4.69, 9.17) is 9.84 Å². The molecule has 6 rings (SSSR count). The van der Waals surface area contributed by atoms with Crippen molar-refractivity contribution in [3.05, 3.63) is 59.8 Å². The van der Waals surface area contributed by atoms with Crippen LogP contribution in [0.4, 0.5) is 23.1 Å². The summed E-state index contributed by atoms with van der Waals surface area (Å²) in [6.45, 7) is 2.08. The number of aromatic nitrogens is 6. The first kappa shape index (κ1) is 24.6. The summed E-state index contributed by atoms with van der Waals surface area (Å²) in [7, 11) is 5.29. The van der Waals surface area contributed by atoms with Gasteiger partial charge in [-0.1, -0.05) is 12.1 Å². The lowest BCUT2D eigenvalue weighted by Gasteiger charge is -2.31. The first-order chi connectivity index (χ1) is 18.9. The molecule has 4 aromatic rings. The molecule has 0 aliphatic carbocycles. The number of carbonyl (C=O) groups excluding carboxylic acids is 2. The Hall–Kier alpha value is -4.78. The predicted molar refractivity (Wildman–Crippen MR) is 144 cm³/mol. The van der Waals surface area contributed by atoms with Crippen molar-refractivity contribution in [2.24, 2.45) is 7.05 Å². The maximum Gasteiger partial charge on any atom is 0.261 e. The average molecular weight is 529 g/mol. The summed E-state index contributed by atoms with van der Waals surface area (Å²) in [5.41, 5.74) is 5.55. The largest absolute Gasteiger partial charge is 0.379 e. The summed E-state index contributed by atoms with van der Waals surface area (Å²) in [5, 5.41) is 17.4. The van der Waals surface area contributed by atoms with E-state index in [0.717, 1.165) is 41.2 Å². The molecule has 2 aliphatic heterocycles. The lowest BCUT2D eigenvalue weighted by Crippen LogP contribution is -2.26. The topological polar surface area (TPSA) is 144 Å². The van der Waals surface area contributed by atoms with Gasteiger partial charge in [-0.05, 0) is 12.5 Å². The maximum atomic E-state index is 12.7. The normalized spacial score (nSPS) is 16.0. The molecule has 2 aliphatic rings. The molecule has 0 saturated carbocycles. The zero-order valence-electron chi connectivity index (χ0n) is 21.8. The van der Waals surface area contributed by atoms with Crippen molar-refractivity contribution in [2.45, 2.75) is 19.0 Å². The van der Waals surface area contributed by atoms with Gasteiger partial charge in [-0.3, -0.25) is 24.3 Å². The highest BCUT2D eigenvalue weighted by Gasteiger charge is 2.30. The van der Waals surface area contributed by atoms with E-state index >= 15 is 0 Å². The van der Waals surface area contributed by atoms with Crippen LogP contribution in [-0.2, 0) is 18.3 Å². The van der Waals surface area contributed by atoms with Crippen LogP contribution in [0, 0.1) is 0 Å². The number of carbonyl (C=O) groups is 2. The Morgan fingerprint density at radius 1 is 1.08 bits per heavy atom. The fourth-order valence-electron chi connectivity index (χ4n) is 5.05. The van der Waals surface area contributed by atoms with Crippen LogP contribution in [0.2, 0.25) is 0 Å². The van der Waals surface area contributed by atoms with E-state index in [0.29, 0.717) is 18.7 Å². The fraction of sp³-hybridized carbons (Fsp3) is 0.308. The van der Waals surface area contributed by atoms with Gasteiger partial charge in [0.1, 0.15) is 11.4 Å². The lowest BCUT2D eigenvalue weighted by molar-refractivity contribution is 0.0962. The van der Waals surface area contributed by atoms with Crippen LogP contribution in [0.1, 0.15) is 38.9 Å². The number of ether oxygens (including phenoxy) is 1. The van der Waals surface area contributed by atoms with Crippen molar-refractivity contribution in [1.82, 2.24) is 34.8 Å². The monoisotopic (exact) mass is 528 g/mol. The second-order valence-corrected chi connectivity index (χ2v) is 9.54. The Labute approximate surface area is 224 Å². The average Bonchev–Trinajstić information content (AvgIpc) is 3.70. The van der Waals surface area contributed by atoms with Crippen LogP contribution in [0.5, 0.6) is 0 Å². The predicted octanol–water partition coefficient (Wildman–Crippen LogP) is 2.34. The van der Waals surface area contributed by atoms with E-state index < -0.39 is 5.91 Å². The Morgan fingerprint density at radius 3 is 2.69 bits per heavy atom. The van der Waals surface area contributed by atoms with E-state index in [1.165, 1.54) is 24.1 Å². The first-order valence-corrected chi connectivity index (χ1v) is 12.6. The molecule has 5 heterocycles. The van der Waals surface area contributed by atoms with Gasteiger partial charge in [0, 0.05) is 51.3 Å². The molecule has 200 valence electrons. The number of benzene rings is 1. The number of fused-ring (bicyclic) bond motifs is 3. The lowest BCUT2D eigenvalue weighted by atomic mass is 9.97. The molecule has 39 heavy (non-hydrogen) atoms. The third-order valence-corrected chi connectivity index (χ3v) is 6.95. The smallest absolute Gasteiger partial charge is 0.261 e. The standard InChI is InChI=1S/C26H28N10O3/c1-27-25(38)19-10-28-26(33-24(37)15-9-29-35(3)12-15)32-23(19)31-20-6-4-5-17-18-11-30-36(16-7-8-39-14-16)21(18)13-34(2)22(17)20/h4-6,9-12,16H,7-8,13-14H2,1-3H3,(H,27,38)(H2,28,31,32,33,37). The Bertz CT molecular complexity index is 1570. The van der Waals surface area contributed by atoms with Gasteiger partial charge < -0.3 is 20.3 Å². The van der Waals surface area contributed by atoms with E-state index in [-0.39, 0.29) is 29.3 Å². The summed E-state index contributed by atoms with van der Waals surface area (Å²) < 4.78 is 9.22. The number of hydrogen-bond acceptors (Lipinski definition) is 9. The minimum absolute atomic E-state index is 0.0551. The minimum atomic E-state index is -0.407. The summed E-state index contributed by atoms with van der Waals surface area (Å²) in [6, 6.07) is 6.18. The van der Waals surface area contributed by atoms with E-state index in [1.807, 2.05) is 25.4 Å². The van der Waals surface area contributed by atoms with Crippen molar-refractivity contribution < 1.29 is 14.3 Å². The molecular weight excluding hydrogens is 500 g/mol. The van der Waals surface area contributed by atoms with Crippen LogP contribution < -0.4 is 20.9 Å². The molecule has 1 aromatic carbocycles. The van der Waals surface area contributed by atoms with Crippen LogP contribution in [0.25, 0.3) is 11.1 Å². The molecule has 2 amide bonds. The van der Waals surface area contributed by atoms with Crippen molar-refractivity contribution >= 4 is 35.0 Å². The van der Waals surface area contributed by atoms with Crippen LogP contribution in [0.3, 0.4) is 0 Å². The summed E-state index contributed by atoms with van der Waals surface area (Å²) in [5.74, 6) is -0.448. The molecule has 0 bridgehead atoms. The molecule has 1 fully saturated rings. The number of amides is 2. The molecule has 3 N–H and O–H groups in total. The number of nitrogens with one attached hydrogen (secondary N) is 3. The van der Waals surface area contributed by atoms with Crippen molar-refractivity contribution in [2.75, 3.05) is 42.8 Å². The number of nitrogens with zero attached hydrogens (tertiary/aromatic N) is 7. The van der Waals surface area contributed by atoms with E-state index in [9.17, 15) is 9.59 Å². The summed E-state index contributed by atoms with van der Waals surface area (Å²) >= 11 is 0. The third-order valence-electron chi connectivity index (χ3n) is 6.95. The molecule has 1 atom stereocenters. The third kappa shape index (κ3) is 4.46. The highest BCUT2D eigenvalue weighted by Crippen LogP contribution is 2.44. The number of hydrogen-bond donors (Lipinski definition) is 3. The first-order valence-electron chi connectivity index (χ1n) is 12.6. The number of para-hydroxylation sites is 1. The summed E-state index contributed by atoms with van der Waals surface area (Å²) in [4.78, 5) is 36.2. The highest BCUT2D eigenvalue weighted by molar-refractivity contribution is 6.04. The Morgan fingerprint density at radius 2 is 1.95 bits per heavy atom. The highest BCUT2D eigenvalue weighted by atomic mass is 16.5. The van der Waals surface area contributed by atoms with Gasteiger partial charge >= 0.3 is 0 Å². The number of anilines is 4. The molecular formula is C26H28N10O3. The quantitative estimate of drug-likeness (QED) is 0.343. The molecule has 3 aromatic heterocycles. The number of rotatable bonds is 6. The summed E-state index contributed by atoms with van der Waals surface area (Å²) in [6.07, 6.45) is 7.29. The van der Waals surface area contributed by atoms with Gasteiger partial charge in [-0.25, -0.2) is 4.98 Å².